The highest BCUT2D eigenvalue weighted by Crippen LogP contribution is 2.47. The van der Waals surface area contributed by atoms with E-state index in [1.807, 2.05) is 115 Å². The van der Waals surface area contributed by atoms with Crippen molar-refractivity contribution in [3.8, 4) is 46.0 Å². The topological polar surface area (TPSA) is 67.3 Å². The molecule has 0 amide bonds. The van der Waals surface area contributed by atoms with E-state index in [1.165, 1.54) is 6.07 Å². The summed E-state index contributed by atoms with van der Waals surface area (Å²) in [6, 6.07) is 73.2. The summed E-state index contributed by atoms with van der Waals surface area (Å²) < 4.78 is 54.0. The van der Waals surface area contributed by atoms with Gasteiger partial charge in [0.25, 0.3) is 0 Å². The number of halogens is 3. The second-order valence-electron chi connectivity index (χ2n) is 18.2. The van der Waals surface area contributed by atoms with Gasteiger partial charge in [0, 0.05) is 60.0 Å². The lowest BCUT2D eigenvalue weighted by Gasteiger charge is -2.20. The molecule has 0 atom stereocenters. The lowest BCUT2D eigenvalue weighted by atomic mass is 9.95. The maximum atomic E-state index is 15.1. The first-order chi connectivity index (χ1) is 35.3. The number of fused-ring (bicyclic) bond motifs is 14. The van der Waals surface area contributed by atoms with Gasteiger partial charge in [-0.25, -0.2) is 0 Å². The van der Waals surface area contributed by atoms with Gasteiger partial charge in [-0.15, -0.1) is 0 Å². The number of aromatic nitrogens is 4. The van der Waals surface area contributed by atoms with E-state index in [0.717, 1.165) is 111 Å². The van der Waals surface area contributed by atoms with Crippen molar-refractivity contribution >= 4 is 87.2 Å². The molecular weight excluding hydrogens is 898 g/mol. The average molecular weight is 933 g/mol. The Kier molecular flexibility index (Phi) is 8.77. The Labute approximate surface area is 408 Å². The Hall–Kier alpha value is -9.83. The van der Waals surface area contributed by atoms with Gasteiger partial charge in [0.05, 0.1) is 78.3 Å². The Morgan fingerprint density at radius 2 is 0.736 bits per heavy atom. The predicted octanol–water partition coefficient (Wildman–Crippen LogP) is 16.5. The number of alkyl halides is 3. The minimum absolute atomic E-state index is 0.142. The molecule has 0 unspecified atom stereocenters. The van der Waals surface area contributed by atoms with Crippen molar-refractivity contribution in [2.45, 2.75) is 6.18 Å². The summed E-state index contributed by atoms with van der Waals surface area (Å²) in [6.45, 7) is 0. The summed E-state index contributed by atoms with van der Waals surface area (Å²) in [6.07, 6.45) is -4.77. The molecule has 0 aliphatic rings. The molecule has 9 heteroatoms. The Balaban J connectivity index is 1.19. The predicted molar refractivity (Wildman–Crippen MR) is 284 cm³/mol. The van der Waals surface area contributed by atoms with Gasteiger partial charge >= 0.3 is 6.18 Å². The van der Waals surface area contributed by atoms with Crippen molar-refractivity contribution < 1.29 is 13.2 Å². The van der Waals surface area contributed by atoms with Crippen molar-refractivity contribution in [1.29, 1.82) is 10.5 Å². The number of nitrogens with zero attached hydrogens (tertiary/aromatic N) is 6. The van der Waals surface area contributed by atoms with Crippen LogP contribution < -0.4 is 0 Å². The molecule has 0 spiro atoms. The van der Waals surface area contributed by atoms with Crippen LogP contribution in [0.5, 0.6) is 0 Å². The van der Waals surface area contributed by atoms with Gasteiger partial charge in [0.2, 0.25) is 0 Å². The highest BCUT2D eigenvalue weighted by Gasteiger charge is 2.33. The largest absolute Gasteiger partial charge is 0.416 e. The number of para-hydroxylation sites is 6. The molecule has 0 aliphatic heterocycles. The first-order valence-corrected chi connectivity index (χ1v) is 23.5. The fraction of sp³-hybridized carbons (Fsp3) is 0.0159. The van der Waals surface area contributed by atoms with Gasteiger partial charge in [-0.05, 0) is 84.4 Å². The van der Waals surface area contributed by atoms with E-state index in [4.69, 9.17) is 0 Å². The van der Waals surface area contributed by atoms with E-state index < -0.39 is 11.7 Å². The molecule has 4 heterocycles. The molecule has 0 saturated heterocycles. The SMILES string of the molecule is N#Cc1cc(-c2cc(-n3c4ccccc4c4ccc5c6ccccc6n(-c6ccccc6)c5c43)c(C#N)cc2-n2c3ccccc3c3ccc4c5ccccc5n(-c5ccccc5)c4c32)cc(C(F)(F)F)c1. The number of rotatable bonds is 5. The third-order valence-corrected chi connectivity index (χ3v) is 14.4. The zero-order valence-electron chi connectivity index (χ0n) is 38.0. The van der Waals surface area contributed by atoms with Crippen LogP contribution in [0.1, 0.15) is 16.7 Å². The van der Waals surface area contributed by atoms with Crippen LogP contribution in [0.2, 0.25) is 0 Å². The molecule has 6 nitrogen and oxygen atoms in total. The van der Waals surface area contributed by atoms with Crippen LogP contribution >= 0.6 is 0 Å². The fourth-order valence-electron chi connectivity index (χ4n) is 11.5. The van der Waals surface area contributed by atoms with Crippen LogP contribution in [0, 0.1) is 22.7 Å². The Bertz CT molecular complexity index is 4690. The number of hydrogen-bond donors (Lipinski definition) is 0. The second-order valence-corrected chi connectivity index (χ2v) is 18.2. The smallest absolute Gasteiger partial charge is 0.307 e. The van der Waals surface area contributed by atoms with Gasteiger partial charge in [-0.3, -0.25) is 0 Å². The maximum absolute atomic E-state index is 15.1. The van der Waals surface area contributed by atoms with Crippen LogP contribution in [-0.2, 0) is 6.18 Å². The first kappa shape index (κ1) is 41.2. The van der Waals surface area contributed by atoms with E-state index in [1.54, 1.807) is 0 Å². The highest BCUT2D eigenvalue weighted by molar-refractivity contribution is 6.25. The molecule has 4 aromatic heterocycles. The number of benzene rings is 10. The lowest BCUT2D eigenvalue weighted by Crippen LogP contribution is -2.08. The van der Waals surface area contributed by atoms with Crippen LogP contribution in [0.25, 0.3) is 121 Å². The van der Waals surface area contributed by atoms with Crippen molar-refractivity contribution in [1.82, 2.24) is 18.3 Å². The first-order valence-electron chi connectivity index (χ1n) is 23.5. The number of hydrogen-bond acceptors (Lipinski definition) is 2. The summed E-state index contributed by atoms with van der Waals surface area (Å²) >= 11 is 0. The van der Waals surface area contributed by atoms with Crippen molar-refractivity contribution in [2.75, 3.05) is 0 Å². The molecule has 0 radical (unpaired) electrons. The summed E-state index contributed by atoms with van der Waals surface area (Å²) in [5.41, 5.74) is 9.64. The van der Waals surface area contributed by atoms with E-state index in [-0.39, 0.29) is 11.1 Å². The van der Waals surface area contributed by atoms with Crippen molar-refractivity contribution in [2.24, 2.45) is 0 Å². The third-order valence-electron chi connectivity index (χ3n) is 14.4. The molecule has 0 N–H and O–H groups in total. The van der Waals surface area contributed by atoms with Crippen LogP contribution in [-0.4, -0.2) is 18.3 Å². The van der Waals surface area contributed by atoms with Gasteiger partial charge in [0.15, 0.2) is 0 Å². The molecule has 14 rings (SSSR count). The zero-order chi connectivity index (χ0) is 48.4. The van der Waals surface area contributed by atoms with Crippen LogP contribution in [0.3, 0.4) is 0 Å². The molecule has 14 aromatic rings. The van der Waals surface area contributed by atoms with Gasteiger partial charge in [-0.1, -0.05) is 133 Å². The quantitative estimate of drug-likeness (QED) is 0.173. The molecule has 72 heavy (non-hydrogen) atoms. The molecule has 0 bridgehead atoms. The third kappa shape index (κ3) is 5.83. The Morgan fingerprint density at radius 3 is 1.15 bits per heavy atom. The molecule has 0 fully saturated rings. The monoisotopic (exact) mass is 932 g/mol. The number of nitriles is 2. The van der Waals surface area contributed by atoms with Gasteiger partial charge in [0.1, 0.15) is 6.07 Å². The Morgan fingerprint density at radius 1 is 0.347 bits per heavy atom. The highest BCUT2D eigenvalue weighted by atomic mass is 19.4. The second kappa shape index (κ2) is 15.3. The average Bonchev–Trinajstić information content (AvgIpc) is 4.16. The maximum Gasteiger partial charge on any atom is 0.416 e. The molecule has 338 valence electrons. The molecular formula is C63H35F3N6. The standard InChI is InChI=1S/C63H35F3N6/c64-63(65,66)41-32-38(36-67)31-39(33-41)52-35-57(71-55-25-13-9-21-46(55)50-29-27-48-44-19-7-11-23-53(44)69(59(48)61(50)71)42-15-3-1-4-16-42)40(37-68)34-58(52)72-56-26-14-10-22-47(56)51-30-28-49-45-20-8-12-24-54(45)70(60(49)62(51)72)43-17-5-2-6-18-43/h1-35H. The molecule has 10 aromatic carbocycles. The van der Waals surface area contributed by atoms with Gasteiger partial charge in [-0.2, -0.15) is 23.7 Å². The summed E-state index contributed by atoms with van der Waals surface area (Å²) in [4.78, 5) is 0. The summed E-state index contributed by atoms with van der Waals surface area (Å²) in [7, 11) is 0. The summed E-state index contributed by atoms with van der Waals surface area (Å²) in [5, 5.41) is 29.8. The zero-order valence-corrected chi connectivity index (χ0v) is 38.0. The van der Waals surface area contributed by atoms with E-state index in [0.29, 0.717) is 22.5 Å². The summed E-state index contributed by atoms with van der Waals surface area (Å²) in [5.74, 6) is 0. The lowest BCUT2D eigenvalue weighted by molar-refractivity contribution is -0.137. The van der Waals surface area contributed by atoms with E-state index >= 15 is 13.2 Å². The van der Waals surface area contributed by atoms with Crippen LogP contribution in [0.15, 0.2) is 212 Å². The minimum atomic E-state index is -4.77. The van der Waals surface area contributed by atoms with Crippen molar-refractivity contribution in [3.05, 3.63) is 229 Å². The molecule has 0 saturated carbocycles. The van der Waals surface area contributed by atoms with E-state index in [9.17, 15) is 10.5 Å². The fourth-order valence-corrected chi connectivity index (χ4v) is 11.5. The van der Waals surface area contributed by atoms with Crippen LogP contribution in [0.4, 0.5) is 13.2 Å². The van der Waals surface area contributed by atoms with Gasteiger partial charge < -0.3 is 18.3 Å². The normalized spacial score (nSPS) is 12.1. The van der Waals surface area contributed by atoms with Crippen molar-refractivity contribution in [3.63, 3.8) is 0 Å². The minimum Gasteiger partial charge on any atom is -0.307 e. The molecule has 0 aliphatic carbocycles. The van der Waals surface area contributed by atoms with E-state index in [2.05, 4.69) is 109 Å².